The van der Waals surface area contributed by atoms with Crippen molar-refractivity contribution in [3.05, 3.63) is 21.3 Å². The summed E-state index contributed by atoms with van der Waals surface area (Å²) in [5.41, 5.74) is 0. The van der Waals surface area contributed by atoms with E-state index in [0.29, 0.717) is 10.9 Å². The molecule has 7 heteroatoms. The summed E-state index contributed by atoms with van der Waals surface area (Å²) in [6.07, 6.45) is 0. The normalized spacial score (nSPS) is 14.3. The van der Waals surface area contributed by atoms with Crippen molar-refractivity contribution in [3.63, 3.8) is 0 Å². The van der Waals surface area contributed by atoms with Crippen molar-refractivity contribution in [1.29, 1.82) is 0 Å². The van der Waals surface area contributed by atoms with Crippen molar-refractivity contribution in [2.24, 2.45) is 0 Å². The summed E-state index contributed by atoms with van der Waals surface area (Å²) in [4.78, 5) is 0.915. The molecule has 1 unspecified atom stereocenters. The summed E-state index contributed by atoms with van der Waals surface area (Å²) in [5, 5.41) is -0.574. The predicted octanol–water partition coefficient (Wildman–Crippen LogP) is 2.79. The van der Waals surface area contributed by atoms with Gasteiger partial charge in [-0.25, -0.2) is 8.42 Å². The lowest BCUT2D eigenvalue weighted by atomic mass is 10.5. The van der Waals surface area contributed by atoms with Crippen LogP contribution in [0.2, 0.25) is 4.34 Å². The molecule has 1 heterocycles. The molecule has 1 aromatic rings. The lowest BCUT2D eigenvalue weighted by Gasteiger charge is -2.19. The van der Waals surface area contributed by atoms with Crippen molar-refractivity contribution in [2.75, 3.05) is 12.9 Å². The third-order valence-corrected chi connectivity index (χ3v) is 6.21. The van der Waals surface area contributed by atoms with Gasteiger partial charge >= 0.3 is 0 Å². The molecule has 16 heavy (non-hydrogen) atoms. The summed E-state index contributed by atoms with van der Waals surface area (Å²) in [7, 11) is -1.77. The fraction of sp³-hybridized carbons (Fsp3) is 0.556. The molecule has 3 nitrogen and oxygen atoms in total. The molecule has 1 atom stereocenters. The van der Waals surface area contributed by atoms with E-state index in [1.807, 2.05) is 6.07 Å². The second kappa shape index (κ2) is 5.69. The minimum atomic E-state index is -3.31. The molecule has 0 saturated carbocycles. The highest BCUT2D eigenvalue weighted by atomic mass is 35.5. The maximum absolute atomic E-state index is 11.9. The molecule has 0 fully saturated rings. The Morgan fingerprint density at radius 2 is 2.12 bits per heavy atom. The molecule has 0 saturated heterocycles. The van der Waals surface area contributed by atoms with Gasteiger partial charge in [0.25, 0.3) is 0 Å². The van der Waals surface area contributed by atoms with Gasteiger partial charge in [0.15, 0.2) is 0 Å². The zero-order valence-electron chi connectivity index (χ0n) is 8.98. The first-order valence-electron chi connectivity index (χ1n) is 4.63. The van der Waals surface area contributed by atoms with Crippen LogP contribution in [0.3, 0.4) is 0 Å². The number of hydrogen-bond acceptors (Lipinski definition) is 3. The van der Waals surface area contributed by atoms with E-state index >= 15 is 0 Å². The van der Waals surface area contributed by atoms with Gasteiger partial charge in [-0.2, -0.15) is 4.31 Å². The van der Waals surface area contributed by atoms with Gasteiger partial charge in [0.1, 0.15) is 0 Å². The molecule has 0 N–H and O–H groups in total. The molecular weight excluding hydrogens is 289 g/mol. The lowest BCUT2D eigenvalue weighted by molar-refractivity contribution is 0.463. The molecule has 1 rings (SSSR count). The monoisotopic (exact) mass is 301 g/mol. The van der Waals surface area contributed by atoms with Crippen LogP contribution in [0.4, 0.5) is 0 Å². The summed E-state index contributed by atoms with van der Waals surface area (Å²) in [6, 6.07) is 3.58. The van der Waals surface area contributed by atoms with E-state index in [2.05, 4.69) is 0 Å². The molecule has 92 valence electrons. The maximum atomic E-state index is 11.9. The Hall–Kier alpha value is 0.190. The van der Waals surface area contributed by atoms with E-state index in [0.717, 1.165) is 4.88 Å². The second-order valence-corrected chi connectivity index (χ2v) is 8.04. The zero-order valence-corrected chi connectivity index (χ0v) is 12.1. The van der Waals surface area contributed by atoms with Crippen molar-refractivity contribution in [1.82, 2.24) is 4.31 Å². The van der Waals surface area contributed by atoms with Gasteiger partial charge in [-0.15, -0.1) is 22.9 Å². The second-order valence-electron chi connectivity index (χ2n) is 3.47. The van der Waals surface area contributed by atoms with E-state index in [4.69, 9.17) is 23.2 Å². The van der Waals surface area contributed by atoms with Crippen LogP contribution in [0.1, 0.15) is 11.8 Å². The van der Waals surface area contributed by atoms with Crippen molar-refractivity contribution >= 4 is 44.6 Å². The molecule has 0 amide bonds. The van der Waals surface area contributed by atoms with Gasteiger partial charge in [0.2, 0.25) is 10.0 Å². The average Bonchev–Trinajstić information content (AvgIpc) is 2.62. The number of rotatable bonds is 5. The minimum Gasteiger partial charge on any atom is -0.212 e. The molecule has 0 spiro atoms. The van der Waals surface area contributed by atoms with Gasteiger partial charge in [-0.1, -0.05) is 11.6 Å². The number of thiophene rings is 1. The quantitative estimate of drug-likeness (QED) is 0.784. The molecule has 1 aromatic heterocycles. The lowest BCUT2D eigenvalue weighted by Crippen LogP contribution is -2.34. The largest absolute Gasteiger partial charge is 0.217 e. The van der Waals surface area contributed by atoms with Crippen LogP contribution >= 0.6 is 34.5 Å². The summed E-state index contributed by atoms with van der Waals surface area (Å²) >= 11 is 12.7. The number of hydrogen-bond donors (Lipinski definition) is 0. The summed E-state index contributed by atoms with van der Waals surface area (Å²) in [6.45, 7) is 1.93. The van der Waals surface area contributed by atoms with Gasteiger partial charge in [0, 0.05) is 24.3 Å². The highest BCUT2D eigenvalue weighted by molar-refractivity contribution is 7.89. The van der Waals surface area contributed by atoms with E-state index in [9.17, 15) is 8.42 Å². The standard InChI is InChI=1S/C9H13Cl2NO2S2/c1-7(5-10)16(13,14)12(2)6-8-3-4-9(11)15-8/h3-4,7H,5-6H2,1-2H3. The third-order valence-electron chi connectivity index (χ3n) is 2.17. The van der Waals surface area contributed by atoms with Crippen LogP contribution < -0.4 is 0 Å². The molecule has 0 bridgehead atoms. The predicted molar refractivity (Wildman–Crippen MR) is 69.9 cm³/mol. The van der Waals surface area contributed by atoms with Gasteiger partial charge in [-0.05, 0) is 19.1 Å². The Morgan fingerprint density at radius 3 is 2.56 bits per heavy atom. The van der Waals surface area contributed by atoms with Crippen LogP contribution in [0.15, 0.2) is 12.1 Å². The highest BCUT2D eigenvalue weighted by Gasteiger charge is 2.25. The fourth-order valence-electron chi connectivity index (χ4n) is 1.13. The van der Waals surface area contributed by atoms with Gasteiger partial charge < -0.3 is 0 Å². The Morgan fingerprint density at radius 1 is 1.50 bits per heavy atom. The van der Waals surface area contributed by atoms with Gasteiger partial charge in [-0.3, -0.25) is 0 Å². The van der Waals surface area contributed by atoms with Crippen LogP contribution in [0, 0.1) is 0 Å². The fourth-order valence-corrected chi connectivity index (χ4v) is 3.93. The first-order valence-corrected chi connectivity index (χ1v) is 7.86. The average molecular weight is 302 g/mol. The van der Waals surface area contributed by atoms with Crippen LogP contribution in [-0.2, 0) is 16.6 Å². The molecule has 0 aromatic carbocycles. The first kappa shape index (κ1) is 14.3. The Balaban J connectivity index is 2.76. The van der Waals surface area contributed by atoms with E-state index < -0.39 is 15.3 Å². The minimum absolute atomic E-state index is 0.0951. The smallest absolute Gasteiger partial charge is 0.212 e. The Kier molecular flexibility index (Phi) is 5.07. The van der Waals surface area contributed by atoms with Crippen LogP contribution in [0.5, 0.6) is 0 Å². The van der Waals surface area contributed by atoms with E-state index in [-0.39, 0.29) is 5.88 Å². The van der Waals surface area contributed by atoms with Crippen LogP contribution in [-0.4, -0.2) is 30.9 Å². The van der Waals surface area contributed by atoms with E-state index in [1.165, 1.54) is 15.6 Å². The van der Waals surface area contributed by atoms with Gasteiger partial charge in [0.05, 0.1) is 9.59 Å². The molecule has 0 aliphatic rings. The van der Waals surface area contributed by atoms with E-state index in [1.54, 1.807) is 20.0 Å². The van der Waals surface area contributed by atoms with Crippen molar-refractivity contribution < 1.29 is 8.42 Å². The first-order chi connectivity index (χ1) is 7.37. The summed E-state index contributed by atoms with van der Waals surface area (Å²) < 4.78 is 25.7. The Labute approximate surface area is 110 Å². The number of sulfonamides is 1. The zero-order chi connectivity index (χ0) is 12.3. The number of alkyl halides is 1. The number of halogens is 2. The number of nitrogens with zero attached hydrogens (tertiary/aromatic N) is 1. The van der Waals surface area contributed by atoms with Crippen LogP contribution in [0.25, 0.3) is 0 Å². The molecule has 0 aliphatic heterocycles. The van der Waals surface area contributed by atoms with Crippen molar-refractivity contribution in [2.45, 2.75) is 18.7 Å². The summed E-state index contributed by atoms with van der Waals surface area (Å²) in [5.74, 6) is 0.0951. The molecule has 0 aliphatic carbocycles. The Bertz CT molecular complexity index is 444. The topological polar surface area (TPSA) is 37.4 Å². The maximum Gasteiger partial charge on any atom is 0.217 e. The SMILES string of the molecule is CC(CCl)S(=O)(=O)N(C)Cc1ccc(Cl)s1. The molecular formula is C9H13Cl2NO2S2. The van der Waals surface area contributed by atoms with Crippen molar-refractivity contribution in [3.8, 4) is 0 Å². The molecule has 0 radical (unpaired) electrons. The highest BCUT2D eigenvalue weighted by Crippen LogP contribution is 2.23. The third kappa shape index (κ3) is 3.34.